The third-order valence-electron chi connectivity index (χ3n) is 4.11. The van der Waals surface area contributed by atoms with E-state index in [1.165, 1.54) is 0 Å². The van der Waals surface area contributed by atoms with Crippen LogP contribution in [-0.4, -0.2) is 25.3 Å². The van der Waals surface area contributed by atoms with E-state index in [0.29, 0.717) is 17.9 Å². The van der Waals surface area contributed by atoms with Crippen LogP contribution in [0.15, 0.2) is 29.2 Å². The highest BCUT2D eigenvalue weighted by Gasteiger charge is 2.31. The zero-order valence-electron chi connectivity index (χ0n) is 12.5. The van der Waals surface area contributed by atoms with Gasteiger partial charge in [0, 0.05) is 12.6 Å². The first-order valence-corrected chi connectivity index (χ1v) is 9.01. The summed E-state index contributed by atoms with van der Waals surface area (Å²) in [6, 6.07) is 8.89. The fourth-order valence-corrected chi connectivity index (χ4v) is 4.65. The first-order valence-electron chi connectivity index (χ1n) is 7.57. The summed E-state index contributed by atoms with van der Waals surface area (Å²) in [4.78, 5) is 0.338. The maximum absolute atomic E-state index is 12.8. The minimum absolute atomic E-state index is 0.108. The van der Waals surface area contributed by atoms with Gasteiger partial charge in [0.2, 0.25) is 10.0 Å². The van der Waals surface area contributed by atoms with E-state index in [-0.39, 0.29) is 6.04 Å². The minimum atomic E-state index is -3.43. The van der Waals surface area contributed by atoms with Crippen molar-refractivity contribution in [1.82, 2.24) is 4.31 Å². The normalized spacial score (nSPS) is 20.7. The second-order valence-electron chi connectivity index (χ2n) is 5.51. The van der Waals surface area contributed by atoms with E-state index in [2.05, 4.69) is 13.0 Å². The van der Waals surface area contributed by atoms with Crippen molar-refractivity contribution in [3.8, 4) is 6.07 Å². The molecule has 1 atom stereocenters. The van der Waals surface area contributed by atoms with Gasteiger partial charge in [-0.25, -0.2) is 8.42 Å². The van der Waals surface area contributed by atoms with Gasteiger partial charge in [0.15, 0.2) is 0 Å². The van der Waals surface area contributed by atoms with Crippen molar-refractivity contribution in [3.05, 3.63) is 29.8 Å². The van der Waals surface area contributed by atoms with E-state index < -0.39 is 10.0 Å². The lowest BCUT2D eigenvalue weighted by atomic mass is 10.1. The molecule has 0 amide bonds. The zero-order valence-corrected chi connectivity index (χ0v) is 13.3. The molecule has 114 valence electrons. The van der Waals surface area contributed by atoms with Crippen LogP contribution >= 0.6 is 0 Å². The monoisotopic (exact) mass is 306 g/mol. The average molecular weight is 306 g/mol. The second-order valence-corrected chi connectivity index (χ2v) is 7.40. The van der Waals surface area contributed by atoms with Gasteiger partial charge in [-0.15, -0.1) is 0 Å². The van der Waals surface area contributed by atoms with E-state index in [0.717, 1.165) is 37.7 Å². The molecular formula is C16H22N2O2S. The first kappa shape index (κ1) is 16.0. The van der Waals surface area contributed by atoms with Crippen molar-refractivity contribution in [2.75, 3.05) is 6.54 Å². The molecule has 0 aromatic heterocycles. The molecule has 2 rings (SSSR count). The molecule has 1 aromatic carbocycles. The Morgan fingerprint density at radius 1 is 1.24 bits per heavy atom. The molecule has 0 saturated carbocycles. The molecule has 4 nitrogen and oxygen atoms in total. The second kappa shape index (κ2) is 7.06. The number of nitriles is 1. The van der Waals surface area contributed by atoms with Crippen molar-refractivity contribution < 1.29 is 8.42 Å². The van der Waals surface area contributed by atoms with Gasteiger partial charge in [0.1, 0.15) is 0 Å². The Morgan fingerprint density at radius 3 is 2.57 bits per heavy atom. The van der Waals surface area contributed by atoms with Crippen molar-refractivity contribution in [1.29, 1.82) is 5.26 Å². The highest BCUT2D eigenvalue weighted by molar-refractivity contribution is 7.89. The van der Waals surface area contributed by atoms with Crippen LogP contribution in [0.3, 0.4) is 0 Å². The summed E-state index contributed by atoms with van der Waals surface area (Å²) in [5.41, 5.74) is 0.847. The number of sulfonamides is 1. The Morgan fingerprint density at radius 2 is 1.95 bits per heavy atom. The van der Waals surface area contributed by atoms with Crippen molar-refractivity contribution >= 4 is 10.0 Å². The van der Waals surface area contributed by atoms with E-state index >= 15 is 0 Å². The third kappa shape index (κ3) is 3.63. The maximum Gasteiger partial charge on any atom is 0.243 e. The Hall–Kier alpha value is -1.38. The highest BCUT2D eigenvalue weighted by Crippen LogP contribution is 2.26. The molecular weight excluding hydrogens is 284 g/mol. The molecule has 1 aliphatic heterocycles. The fraction of sp³-hybridized carbons (Fsp3) is 0.562. The molecule has 0 spiro atoms. The summed E-state index contributed by atoms with van der Waals surface area (Å²) < 4.78 is 27.4. The van der Waals surface area contributed by atoms with E-state index in [9.17, 15) is 8.42 Å². The van der Waals surface area contributed by atoms with Gasteiger partial charge in [0.05, 0.1) is 17.4 Å². The number of hydrogen-bond donors (Lipinski definition) is 0. The van der Waals surface area contributed by atoms with E-state index in [1.54, 1.807) is 28.6 Å². The van der Waals surface area contributed by atoms with Crippen LogP contribution in [0.25, 0.3) is 0 Å². The standard InChI is InChI=1S/C16H22N2O2S/c1-2-15-6-4-3-5-13-18(15)21(19,20)16-9-7-14(8-10-16)11-12-17/h7-10,15H,2-6,11,13H2,1H3. The fourth-order valence-electron chi connectivity index (χ4n) is 2.88. The topological polar surface area (TPSA) is 61.2 Å². The van der Waals surface area contributed by atoms with Gasteiger partial charge in [-0.05, 0) is 37.0 Å². The van der Waals surface area contributed by atoms with Crippen LogP contribution in [0.5, 0.6) is 0 Å². The zero-order chi connectivity index (χ0) is 15.3. The van der Waals surface area contributed by atoms with Gasteiger partial charge in [-0.2, -0.15) is 9.57 Å². The van der Waals surface area contributed by atoms with Gasteiger partial charge >= 0.3 is 0 Å². The number of benzene rings is 1. The number of rotatable bonds is 4. The molecule has 0 radical (unpaired) electrons. The van der Waals surface area contributed by atoms with Gasteiger partial charge in [-0.3, -0.25) is 0 Å². The van der Waals surface area contributed by atoms with Crippen LogP contribution in [0.2, 0.25) is 0 Å². The lowest BCUT2D eigenvalue weighted by Crippen LogP contribution is -2.39. The van der Waals surface area contributed by atoms with Crippen LogP contribution in [0.1, 0.15) is 44.6 Å². The molecule has 0 bridgehead atoms. The Bertz CT molecular complexity index is 602. The van der Waals surface area contributed by atoms with Crippen LogP contribution in [0, 0.1) is 11.3 Å². The van der Waals surface area contributed by atoms with Crippen molar-refractivity contribution in [2.45, 2.75) is 56.4 Å². The van der Waals surface area contributed by atoms with Gasteiger partial charge < -0.3 is 0 Å². The molecule has 0 aliphatic carbocycles. The van der Waals surface area contributed by atoms with Crippen molar-refractivity contribution in [2.24, 2.45) is 0 Å². The minimum Gasteiger partial charge on any atom is -0.207 e. The average Bonchev–Trinajstić information content (AvgIpc) is 2.73. The molecule has 1 heterocycles. The summed E-state index contributed by atoms with van der Waals surface area (Å²) in [5.74, 6) is 0. The third-order valence-corrected chi connectivity index (χ3v) is 6.07. The van der Waals surface area contributed by atoms with Crippen LogP contribution < -0.4 is 0 Å². The smallest absolute Gasteiger partial charge is 0.207 e. The predicted octanol–water partition coefficient (Wildman–Crippen LogP) is 3.10. The molecule has 1 unspecified atom stereocenters. The SMILES string of the molecule is CCC1CCCCCN1S(=O)(=O)c1ccc(CC#N)cc1. The molecule has 1 saturated heterocycles. The molecule has 21 heavy (non-hydrogen) atoms. The molecule has 1 aliphatic rings. The Kier molecular flexibility index (Phi) is 5.38. The summed E-state index contributed by atoms with van der Waals surface area (Å²) in [6.07, 6.45) is 5.24. The Balaban J connectivity index is 2.28. The highest BCUT2D eigenvalue weighted by atomic mass is 32.2. The molecule has 1 aromatic rings. The lowest BCUT2D eigenvalue weighted by molar-refractivity contribution is 0.315. The lowest BCUT2D eigenvalue weighted by Gasteiger charge is -2.28. The quantitative estimate of drug-likeness (QED) is 0.858. The first-order chi connectivity index (χ1) is 10.1. The summed E-state index contributed by atoms with van der Waals surface area (Å²) in [5, 5.41) is 8.67. The Labute approximate surface area is 127 Å². The van der Waals surface area contributed by atoms with E-state index in [1.807, 2.05) is 0 Å². The predicted molar refractivity (Wildman–Crippen MR) is 82.2 cm³/mol. The summed E-state index contributed by atoms with van der Waals surface area (Å²) >= 11 is 0. The largest absolute Gasteiger partial charge is 0.243 e. The van der Waals surface area contributed by atoms with Crippen LogP contribution in [0.4, 0.5) is 0 Å². The molecule has 0 N–H and O–H groups in total. The molecule has 1 fully saturated rings. The van der Waals surface area contributed by atoms with E-state index in [4.69, 9.17) is 5.26 Å². The van der Waals surface area contributed by atoms with Crippen LogP contribution in [-0.2, 0) is 16.4 Å². The number of nitrogens with zero attached hydrogens (tertiary/aromatic N) is 2. The van der Waals surface area contributed by atoms with Crippen molar-refractivity contribution in [3.63, 3.8) is 0 Å². The maximum atomic E-state index is 12.8. The molecule has 5 heteroatoms. The summed E-state index contributed by atoms with van der Waals surface area (Å²) in [6.45, 7) is 2.66. The number of hydrogen-bond acceptors (Lipinski definition) is 3. The summed E-state index contributed by atoms with van der Waals surface area (Å²) in [7, 11) is -3.43. The van der Waals surface area contributed by atoms with Gasteiger partial charge in [0.25, 0.3) is 0 Å². The van der Waals surface area contributed by atoms with Gasteiger partial charge in [-0.1, -0.05) is 31.9 Å².